The first kappa shape index (κ1) is 13.5. The Balaban J connectivity index is 2.46. The molecule has 2 aromatic rings. The highest BCUT2D eigenvalue weighted by atomic mass is 16.5. The van der Waals surface area contributed by atoms with Gasteiger partial charge < -0.3 is 10.5 Å². The quantitative estimate of drug-likeness (QED) is 0.831. The molecule has 19 heavy (non-hydrogen) atoms. The van der Waals surface area contributed by atoms with Gasteiger partial charge in [0.1, 0.15) is 0 Å². The third-order valence-corrected chi connectivity index (χ3v) is 3.12. The van der Waals surface area contributed by atoms with Crippen LogP contribution >= 0.6 is 0 Å². The average Bonchev–Trinajstić information content (AvgIpc) is 2.87. The number of aryl methyl sites for hydroxylation is 1. The number of methoxy groups -OCH3 is 1. The van der Waals surface area contributed by atoms with E-state index in [0.717, 1.165) is 17.5 Å². The Morgan fingerprint density at radius 2 is 2.21 bits per heavy atom. The third-order valence-electron chi connectivity index (χ3n) is 3.12. The molecule has 1 atom stereocenters. The number of nitrogens with two attached hydrogens (primary N) is 1. The van der Waals surface area contributed by atoms with E-state index in [2.05, 4.69) is 22.4 Å². The van der Waals surface area contributed by atoms with Gasteiger partial charge in [-0.25, -0.2) is 4.68 Å². The molecule has 0 radical (unpaired) electrons. The number of anilines is 1. The van der Waals surface area contributed by atoms with Crippen LogP contribution in [0.25, 0.3) is 11.4 Å². The molecule has 2 N–H and O–H groups in total. The van der Waals surface area contributed by atoms with Crippen molar-refractivity contribution in [2.75, 3.05) is 19.5 Å². The highest BCUT2D eigenvalue weighted by molar-refractivity contribution is 5.72. The van der Waals surface area contributed by atoms with E-state index in [0.29, 0.717) is 18.1 Å². The predicted molar refractivity (Wildman–Crippen MR) is 73.6 cm³/mol. The number of ether oxygens (including phenoxy) is 1. The standard InChI is InChI=1S/C13H19N5O/c1-4-10(8-19-3)18-13(15-16-17-18)11-7-9(2)5-6-12(11)14/h5-7,10H,4,8,14H2,1-3H3. The molecule has 1 unspecified atom stereocenters. The monoisotopic (exact) mass is 261 g/mol. The molecule has 0 aliphatic carbocycles. The van der Waals surface area contributed by atoms with E-state index in [-0.39, 0.29) is 6.04 Å². The lowest BCUT2D eigenvalue weighted by Gasteiger charge is -2.16. The zero-order chi connectivity index (χ0) is 13.8. The first-order valence-electron chi connectivity index (χ1n) is 6.30. The Hall–Kier alpha value is -1.95. The summed E-state index contributed by atoms with van der Waals surface area (Å²) in [7, 11) is 1.67. The summed E-state index contributed by atoms with van der Waals surface area (Å²) in [6.45, 7) is 4.67. The van der Waals surface area contributed by atoms with Gasteiger partial charge in [0.05, 0.1) is 12.6 Å². The summed E-state index contributed by atoms with van der Waals surface area (Å²) in [5.41, 5.74) is 8.68. The maximum absolute atomic E-state index is 6.02. The number of benzene rings is 1. The molecule has 102 valence electrons. The second-order valence-electron chi connectivity index (χ2n) is 4.56. The highest BCUT2D eigenvalue weighted by Gasteiger charge is 2.18. The second kappa shape index (κ2) is 5.79. The largest absolute Gasteiger partial charge is 0.398 e. The molecule has 1 aromatic carbocycles. The van der Waals surface area contributed by atoms with Crippen molar-refractivity contribution in [2.24, 2.45) is 0 Å². The zero-order valence-corrected chi connectivity index (χ0v) is 11.5. The van der Waals surface area contributed by atoms with Gasteiger partial charge in [-0.2, -0.15) is 0 Å². The normalized spacial score (nSPS) is 12.6. The molecule has 0 saturated heterocycles. The minimum atomic E-state index is 0.106. The zero-order valence-electron chi connectivity index (χ0n) is 11.5. The Bertz CT molecular complexity index is 552. The van der Waals surface area contributed by atoms with Gasteiger partial charge in [0.15, 0.2) is 5.82 Å². The van der Waals surface area contributed by atoms with Gasteiger partial charge in [0, 0.05) is 18.4 Å². The van der Waals surface area contributed by atoms with Gasteiger partial charge in [-0.05, 0) is 35.9 Å². The molecule has 6 nitrogen and oxygen atoms in total. The van der Waals surface area contributed by atoms with Crippen LogP contribution in [0.2, 0.25) is 0 Å². The Kier molecular flexibility index (Phi) is 4.11. The number of nitrogens with zero attached hydrogens (tertiary/aromatic N) is 4. The van der Waals surface area contributed by atoms with Crippen LogP contribution in [0.1, 0.15) is 24.9 Å². The van der Waals surface area contributed by atoms with Crippen molar-refractivity contribution in [2.45, 2.75) is 26.3 Å². The van der Waals surface area contributed by atoms with Crippen molar-refractivity contribution in [3.05, 3.63) is 23.8 Å². The lowest BCUT2D eigenvalue weighted by Crippen LogP contribution is -2.17. The lowest BCUT2D eigenvalue weighted by atomic mass is 10.1. The van der Waals surface area contributed by atoms with Crippen molar-refractivity contribution in [3.63, 3.8) is 0 Å². The molecule has 0 spiro atoms. The summed E-state index contributed by atoms with van der Waals surface area (Å²) in [5, 5.41) is 12.0. The topological polar surface area (TPSA) is 78.8 Å². The molecular formula is C13H19N5O. The fraction of sp³-hybridized carbons (Fsp3) is 0.462. The lowest BCUT2D eigenvalue weighted by molar-refractivity contribution is 0.147. The van der Waals surface area contributed by atoms with Crippen LogP contribution in [0.3, 0.4) is 0 Å². The average molecular weight is 261 g/mol. The van der Waals surface area contributed by atoms with Gasteiger partial charge in [-0.15, -0.1) is 5.10 Å². The molecule has 0 bridgehead atoms. The Morgan fingerprint density at radius 3 is 2.89 bits per heavy atom. The molecule has 0 aliphatic rings. The van der Waals surface area contributed by atoms with Crippen molar-refractivity contribution < 1.29 is 4.74 Å². The number of nitrogen functional groups attached to an aromatic ring is 1. The first-order valence-corrected chi connectivity index (χ1v) is 6.30. The van der Waals surface area contributed by atoms with Gasteiger partial charge in [-0.3, -0.25) is 0 Å². The Labute approximate surface area is 112 Å². The van der Waals surface area contributed by atoms with Crippen LogP contribution in [-0.4, -0.2) is 33.9 Å². The van der Waals surface area contributed by atoms with Crippen LogP contribution in [0, 0.1) is 6.92 Å². The van der Waals surface area contributed by atoms with Gasteiger partial charge >= 0.3 is 0 Å². The van der Waals surface area contributed by atoms with E-state index in [1.807, 2.05) is 25.1 Å². The molecule has 1 aromatic heterocycles. The second-order valence-corrected chi connectivity index (χ2v) is 4.56. The van der Waals surface area contributed by atoms with E-state index >= 15 is 0 Å². The van der Waals surface area contributed by atoms with Gasteiger partial charge in [-0.1, -0.05) is 18.6 Å². The number of hydrogen-bond donors (Lipinski definition) is 1. The molecule has 2 rings (SSSR count). The molecule has 0 amide bonds. The first-order chi connectivity index (χ1) is 9.17. The third kappa shape index (κ3) is 2.73. The van der Waals surface area contributed by atoms with E-state index in [1.54, 1.807) is 11.8 Å². The van der Waals surface area contributed by atoms with Crippen molar-refractivity contribution in [3.8, 4) is 11.4 Å². The van der Waals surface area contributed by atoms with E-state index in [1.165, 1.54) is 0 Å². The van der Waals surface area contributed by atoms with Crippen molar-refractivity contribution in [1.82, 2.24) is 20.2 Å². The summed E-state index contributed by atoms with van der Waals surface area (Å²) < 4.78 is 7.00. The predicted octanol–water partition coefficient (Wildman–Crippen LogP) is 1.83. The summed E-state index contributed by atoms with van der Waals surface area (Å²) in [6.07, 6.45) is 0.887. The van der Waals surface area contributed by atoms with Crippen LogP contribution in [-0.2, 0) is 4.74 Å². The number of tetrazole rings is 1. The van der Waals surface area contributed by atoms with E-state index < -0.39 is 0 Å². The summed E-state index contributed by atoms with van der Waals surface area (Å²) in [6, 6.07) is 5.95. The van der Waals surface area contributed by atoms with Gasteiger partial charge in [0.25, 0.3) is 0 Å². The summed E-state index contributed by atoms with van der Waals surface area (Å²) >= 11 is 0. The molecule has 0 aliphatic heterocycles. The van der Waals surface area contributed by atoms with Crippen LogP contribution in [0.5, 0.6) is 0 Å². The van der Waals surface area contributed by atoms with Crippen LogP contribution < -0.4 is 5.73 Å². The molecule has 0 fully saturated rings. The fourth-order valence-electron chi connectivity index (χ4n) is 2.03. The molecule has 1 heterocycles. The van der Waals surface area contributed by atoms with Crippen LogP contribution in [0.4, 0.5) is 5.69 Å². The summed E-state index contributed by atoms with van der Waals surface area (Å²) in [4.78, 5) is 0. The maximum Gasteiger partial charge on any atom is 0.184 e. The van der Waals surface area contributed by atoms with Gasteiger partial charge in [0.2, 0.25) is 0 Å². The number of aromatic nitrogens is 4. The molecule has 6 heteroatoms. The minimum absolute atomic E-state index is 0.106. The van der Waals surface area contributed by atoms with Crippen molar-refractivity contribution in [1.29, 1.82) is 0 Å². The Morgan fingerprint density at radius 1 is 1.42 bits per heavy atom. The van der Waals surface area contributed by atoms with Crippen LogP contribution in [0.15, 0.2) is 18.2 Å². The smallest absolute Gasteiger partial charge is 0.184 e. The van der Waals surface area contributed by atoms with Crippen molar-refractivity contribution >= 4 is 5.69 Å². The molecular weight excluding hydrogens is 242 g/mol. The molecule has 0 saturated carbocycles. The number of hydrogen-bond acceptors (Lipinski definition) is 5. The fourth-order valence-corrected chi connectivity index (χ4v) is 2.03. The SMILES string of the molecule is CCC(COC)n1nnnc1-c1cc(C)ccc1N. The van der Waals surface area contributed by atoms with E-state index in [4.69, 9.17) is 10.5 Å². The van der Waals surface area contributed by atoms with E-state index in [9.17, 15) is 0 Å². The highest BCUT2D eigenvalue weighted by Crippen LogP contribution is 2.27. The maximum atomic E-state index is 6.02. The summed E-state index contributed by atoms with van der Waals surface area (Å²) in [5.74, 6) is 0.685. The number of rotatable bonds is 5. The minimum Gasteiger partial charge on any atom is -0.398 e.